The van der Waals surface area contributed by atoms with Gasteiger partial charge in [-0.15, -0.1) is 11.6 Å². The average Bonchev–Trinajstić information content (AvgIpc) is 2.48. The third-order valence-corrected chi connectivity index (χ3v) is 1.52. The number of aromatic nitrogens is 2. The lowest BCUT2D eigenvalue weighted by molar-refractivity contribution is -0.390. The standard InChI is InChI=1S/C6H5ClN4O2/c7-1-2-10-4-5(3-8)6(9-10)11(12)13/h4H,1-2H2. The van der Waals surface area contributed by atoms with Crippen LogP contribution in [-0.2, 0) is 6.54 Å². The number of aryl methyl sites for hydroxylation is 1. The van der Waals surface area contributed by atoms with E-state index in [2.05, 4.69) is 5.10 Å². The summed E-state index contributed by atoms with van der Waals surface area (Å²) in [4.78, 5) is 9.65. The van der Waals surface area contributed by atoms with Crippen molar-refractivity contribution in [2.45, 2.75) is 6.54 Å². The number of halogens is 1. The van der Waals surface area contributed by atoms with Gasteiger partial charge in [-0.05, 0) is 4.92 Å². The fraction of sp³-hybridized carbons (Fsp3) is 0.333. The zero-order valence-electron chi connectivity index (χ0n) is 6.47. The summed E-state index contributed by atoms with van der Waals surface area (Å²) in [5.74, 6) is -0.128. The van der Waals surface area contributed by atoms with Gasteiger partial charge in [0.1, 0.15) is 6.07 Å². The molecule has 0 saturated carbocycles. The van der Waals surface area contributed by atoms with E-state index >= 15 is 0 Å². The van der Waals surface area contributed by atoms with Gasteiger partial charge in [0.15, 0.2) is 5.56 Å². The second-order valence-corrected chi connectivity index (χ2v) is 2.57. The van der Waals surface area contributed by atoms with Crippen LogP contribution in [0.3, 0.4) is 0 Å². The molecule has 13 heavy (non-hydrogen) atoms. The van der Waals surface area contributed by atoms with E-state index in [-0.39, 0.29) is 5.56 Å². The molecule has 1 heterocycles. The Balaban J connectivity index is 3.06. The number of hydrogen-bond acceptors (Lipinski definition) is 4. The van der Waals surface area contributed by atoms with Crippen molar-refractivity contribution in [3.05, 3.63) is 21.9 Å². The maximum atomic E-state index is 10.3. The van der Waals surface area contributed by atoms with Crippen LogP contribution >= 0.6 is 11.6 Å². The predicted molar refractivity (Wildman–Crippen MR) is 44.3 cm³/mol. The fourth-order valence-electron chi connectivity index (χ4n) is 0.826. The van der Waals surface area contributed by atoms with Crippen LogP contribution in [0.4, 0.5) is 5.82 Å². The van der Waals surface area contributed by atoms with Gasteiger partial charge in [-0.2, -0.15) is 9.94 Å². The predicted octanol–water partition coefficient (Wildman–Crippen LogP) is 0.902. The first-order chi connectivity index (χ1) is 6.19. The van der Waals surface area contributed by atoms with Gasteiger partial charge in [0, 0.05) is 5.88 Å². The Morgan fingerprint density at radius 2 is 2.54 bits per heavy atom. The van der Waals surface area contributed by atoms with E-state index in [4.69, 9.17) is 16.9 Å². The summed E-state index contributed by atoms with van der Waals surface area (Å²) in [6.45, 7) is 0.351. The maximum Gasteiger partial charge on any atom is 0.407 e. The molecule has 0 radical (unpaired) electrons. The fourth-order valence-corrected chi connectivity index (χ4v) is 0.999. The van der Waals surface area contributed by atoms with Gasteiger partial charge < -0.3 is 10.1 Å². The lowest BCUT2D eigenvalue weighted by Crippen LogP contribution is -2.00. The number of nitrogens with zero attached hydrogens (tertiary/aromatic N) is 4. The molecule has 0 aromatic carbocycles. The second kappa shape index (κ2) is 3.87. The van der Waals surface area contributed by atoms with Crippen molar-refractivity contribution < 1.29 is 4.92 Å². The molecule has 1 rings (SSSR count). The lowest BCUT2D eigenvalue weighted by atomic mass is 10.4. The molecule has 0 bridgehead atoms. The van der Waals surface area contributed by atoms with Crippen LogP contribution in [0.1, 0.15) is 5.56 Å². The average molecular weight is 201 g/mol. The molecule has 0 saturated heterocycles. The summed E-state index contributed by atoms with van der Waals surface area (Å²) < 4.78 is 1.28. The van der Waals surface area contributed by atoms with Crippen LogP contribution in [0.5, 0.6) is 0 Å². The molecule has 0 aliphatic rings. The van der Waals surface area contributed by atoms with Crippen molar-refractivity contribution in [1.82, 2.24) is 9.78 Å². The molecule has 0 aliphatic heterocycles. The normalized spacial score (nSPS) is 9.54. The van der Waals surface area contributed by atoms with Gasteiger partial charge in [-0.25, -0.2) is 0 Å². The van der Waals surface area contributed by atoms with Crippen molar-refractivity contribution in [3.8, 4) is 6.07 Å². The summed E-state index contributed by atoms with van der Waals surface area (Å²) in [5.41, 5.74) is -0.0462. The molecule has 6 nitrogen and oxygen atoms in total. The SMILES string of the molecule is N#Cc1cn(CCCl)nc1[N+](=O)[O-]. The number of hydrogen-bond donors (Lipinski definition) is 0. The van der Waals surface area contributed by atoms with E-state index in [1.54, 1.807) is 6.07 Å². The van der Waals surface area contributed by atoms with Crippen LogP contribution in [0.2, 0.25) is 0 Å². The number of nitriles is 1. The third kappa shape index (κ3) is 1.95. The van der Waals surface area contributed by atoms with Gasteiger partial charge >= 0.3 is 5.82 Å². The van der Waals surface area contributed by atoms with E-state index < -0.39 is 10.7 Å². The first kappa shape index (κ1) is 9.48. The molecular formula is C6H5ClN4O2. The first-order valence-corrected chi connectivity index (χ1v) is 3.90. The molecule has 0 spiro atoms. The quantitative estimate of drug-likeness (QED) is 0.412. The number of rotatable bonds is 3. The summed E-state index contributed by atoms with van der Waals surface area (Å²) in [7, 11) is 0. The Morgan fingerprint density at radius 3 is 2.92 bits per heavy atom. The Kier molecular flexibility index (Phi) is 2.82. The molecule has 0 N–H and O–H groups in total. The smallest absolute Gasteiger partial charge is 0.358 e. The zero-order valence-corrected chi connectivity index (χ0v) is 7.23. The van der Waals surface area contributed by atoms with Crippen molar-refractivity contribution in [2.75, 3.05) is 5.88 Å². The Labute approximate surface area is 78.5 Å². The maximum absolute atomic E-state index is 10.3. The van der Waals surface area contributed by atoms with Crippen LogP contribution in [0, 0.1) is 21.4 Å². The lowest BCUT2D eigenvalue weighted by Gasteiger charge is -1.87. The van der Waals surface area contributed by atoms with Crippen molar-refractivity contribution in [3.63, 3.8) is 0 Å². The van der Waals surface area contributed by atoms with E-state index in [9.17, 15) is 10.1 Å². The van der Waals surface area contributed by atoms with Crippen molar-refractivity contribution in [2.24, 2.45) is 0 Å². The van der Waals surface area contributed by atoms with E-state index in [0.29, 0.717) is 12.4 Å². The van der Waals surface area contributed by atoms with Gasteiger partial charge in [-0.1, -0.05) is 0 Å². The minimum Gasteiger partial charge on any atom is -0.358 e. The summed E-state index contributed by atoms with van der Waals surface area (Å²) >= 11 is 5.41. The minimum atomic E-state index is -0.691. The Bertz CT molecular complexity index is 367. The number of nitro groups is 1. The van der Waals surface area contributed by atoms with Gasteiger partial charge in [0.05, 0.1) is 17.8 Å². The van der Waals surface area contributed by atoms with Gasteiger partial charge in [0.25, 0.3) is 0 Å². The third-order valence-electron chi connectivity index (χ3n) is 1.35. The Morgan fingerprint density at radius 1 is 1.85 bits per heavy atom. The van der Waals surface area contributed by atoms with Crippen LogP contribution < -0.4 is 0 Å². The van der Waals surface area contributed by atoms with Crippen molar-refractivity contribution in [1.29, 1.82) is 5.26 Å². The van der Waals surface area contributed by atoms with Crippen LogP contribution in [0.25, 0.3) is 0 Å². The largest absolute Gasteiger partial charge is 0.407 e. The van der Waals surface area contributed by atoms with E-state index in [1.807, 2.05) is 0 Å². The van der Waals surface area contributed by atoms with Crippen LogP contribution in [0.15, 0.2) is 6.20 Å². The Hall–Kier alpha value is -1.61. The van der Waals surface area contributed by atoms with Crippen LogP contribution in [-0.4, -0.2) is 20.6 Å². The van der Waals surface area contributed by atoms with E-state index in [1.165, 1.54) is 10.9 Å². The first-order valence-electron chi connectivity index (χ1n) is 3.37. The molecule has 0 aliphatic carbocycles. The molecular weight excluding hydrogens is 196 g/mol. The molecule has 0 amide bonds. The molecule has 68 valence electrons. The summed E-state index contributed by atoms with van der Waals surface area (Å²) in [6.07, 6.45) is 1.31. The molecule has 1 aromatic heterocycles. The highest BCUT2D eigenvalue weighted by Crippen LogP contribution is 2.13. The zero-order chi connectivity index (χ0) is 9.84. The highest BCUT2D eigenvalue weighted by molar-refractivity contribution is 6.17. The topological polar surface area (TPSA) is 84.8 Å². The van der Waals surface area contributed by atoms with Gasteiger partial charge in [0.2, 0.25) is 0 Å². The van der Waals surface area contributed by atoms with E-state index in [0.717, 1.165) is 0 Å². The number of alkyl halides is 1. The minimum absolute atomic E-state index is 0.0462. The highest BCUT2D eigenvalue weighted by Gasteiger charge is 2.19. The van der Waals surface area contributed by atoms with Crippen molar-refractivity contribution >= 4 is 17.4 Å². The summed E-state index contributed by atoms with van der Waals surface area (Å²) in [5, 5.41) is 22.4. The van der Waals surface area contributed by atoms with Gasteiger partial charge in [-0.3, -0.25) is 0 Å². The summed E-state index contributed by atoms with van der Waals surface area (Å²) in [6, 6.07) is 1.69. The molecule has 7 heteroatoms. The monoisotopic (exact) mass is 200 g/mol. The second-order valence-electron chi connectivity index (χ2n) is 2.19. The molecule has 0 unspecified atom stereocenters. The molecule has 1 aromatic rings. The molecule has 0 atom stereocenters. The molecule has 0 fully saturated rings. The highest BCUT2D eigenvalue weighted by atomic mass is 35.5.